The Kier molecular flexibility index (Phi) is 6.24. The van der Waals surface area contributed by atoms with E-state index in [9.17, 15) is 17.6 Å². The number of carbonyl (C=O) groups is 1. The van der Waals surface area contributed by atoms with Crippen molar-refractivity contribution in [2.24, 2.45) is 0 Å². The van der Waals surface area contributed by atoms with Gasteiger partial charge in [0.25, 0.3) is 0 Å². The van der Waals surface area contributed by atoms with Gasteiger partial charge in [-0.25, -0.2) is 27.6 Å². The zero-order valence-electron chi connectivity index (χ0n) is 19.6. The van der Waals surface area contributed by atoms with Gasteiger partial charge in [-0.1, -0.05) is 0 Å². The molecular weight excluding hydrogens is 461 g/mol. The van der Waals surface area contributed by atoms with E-state index >= 15 is 0 Å². The van der Waals surface area contributed by atoms with Crippen LogP contribution in [0.5, 0.6) is 0 Å². The first-order valence-corrected chi connectivity index (χ1v) is 12.9. The highest BCUT2D eigenvalue weighted by Crippen LogP contribution is 2.31. The minimum Gasteiger partial charge on any atom is -0.444 e. The molecule has 34 heavy (non-hydrogen) atoms. The van der Waals surface area contributed by atoms with Crippen LogP contribution in [0.15, 0.2) is 41.7 Å². The highest BCUT2D eigenvalue weighted by atomic mass is 32.2. The summed E-state index contributed by atoms with van der Waals surface area (Å²) < 4.78 is 45.2. The smallest absolute Gasteiger partial charge is 0.410 e. The van der Waals surface area contributed by atoms with Crippen molar-refractivity contribution in [2.75, 3.05) is 24.7 Å². The number of benzene rings is 1. The summed E-state index contributed by atoms with van der Waals surface area (Å²) in [5, 5.41) is 2.92. The van der Waals surface area contributed by atoms with E-state index in [0.717, 1.165) is 30.9 Å². The number of nitrogens with zero attached hydrogens (tertiary/aromatic N) is 4. The number of anilines is 2. The topological polar surface area (TPSA) is 106 Å². The van der Waals surface area contributed by atoms with Crippen molar-refractivity contribution in [1.82, 2.24) is 19.3 Å². The molecule has 3 heterocycles. The fourth-order valence-electron chi connectivity index (χ4n) is 3.97. The fraction of sp³-hybridized carbons (Fsp3) is 0.435. The molecule has 3 aromatic rings. The van der Waals surface area contributed by atoms with Gasteiger partial charge in [0.15, 0.2) is 21.3 Å². The van der Waals surface area contributed by atoms with Crippen LogP contribution in [0.4, 0.5) is 20.7 Å². The lowest BCUT2D eigenvalue weighted by molar-refractivity contribution is 0.0204. The predicted octanol–water partition coefficient (Wildman–Crippen LogP) is 4.13. The van der Waals surface area contributed by atoms with Crippen LogP contribution < -0.4 is 5.32 Å². The van der Waals surface area contributed by atoms with E-state index in [1.807, 2.05) is 25.2 Å². The average molecular weight is 490 g/mol. The molecule has 182 valence electrons. The number of aromatic nitrogens is 3. The molecule has 1 aliphatic rings. The van der Waals surface area contributed by atoms with Crippen LogP contribution in [0.3, 0.4) is 0 Å². The van der Waals surface area contributed by atoms with Gasteiger partial charge in [0.2, 0.25) is 0 Å². The lowest BCUT2D eigenvalue weighted by Crippen LogP contribution is -2.41. The van der Waals surface area contributed by atoms with Crippen LogP contribution in [-0.2, 0) is 14.6 Å². The average Bonchev–Trinajstić information content (AvgIpc) is 3.18. The van der Waals surface area contributed by atoms with Gasteiger partial charge >= 0.3 is 6.09 Å². The van der Waals surface area contributed by atoms with Gasteiger partial charge in [-0.05, 0) is 51.8 Å². The van der Waals surface area contributed by atoms with Gasteiger partial charge in [0, 0.05) is 49.5 Å². The number of hydrogen-bond donors (Lipinski definition) is 1. The van der Waals surface area contributed by atoms with Crippen molar-refractivity contribution in [1.29, 1.82) is 0 Å². The Bertz CT molecular complexity index is 1320. The molecule has 1 aromatic carbocycles. The second kappa shape index (κ2) is 8.86. The number of rotatable bonds is 4. The van der Waals surface area contributed by atoms with Crippen LogP contribution in [0.25, 0.3) is 5.65 Å². The first kappa shape index (κ1) is 23.9. The Labute approximate surface area is 197 Å². The zero-order valence-corrected chi connectivity index (χ0v) is 20.4. The summed E-state index contributed by atoms with van der Waals surface area (Å²) in [7, 11) is -3.51. The molecule has 2 aromatic heterocycles. The molecule has 0 spiro atoms. The number of piperidine rings is 1. The summed E-state index contributed by atoms with van der Waals surface area (Å²) in [6, 6.07) is 3.69. The molecule has 0 bridgehead atoms. The van der Waals surface area contributed by atoms with Crippen LogP contribution >= 0.6 is 0 Å². The summed E-state index contributed by atoms with van der Waals surface area (Å²) in [5.41, 5.74) is 1.08. The van der Waals surface area contributed by atoms with Gasteiger partial charge in [-0.3, -0.25) is 4.40 Å². The number of amides is 1. The fourth-order valence-corrected chi connectivity index (χ4v) is 4.60. The standard InChI is InChI=1S/C23H28FN5O4S/c1-23(2,3)33-22(30)28-10-7-15(8-11-28)19-14-26-21-20(25-9-12-29(19)21)27-18-6-5-16(13-17(18)24)34(4,31)32/h5-6,9,12-15H,7-8,10-11H2,1-4H3,(H,25,27). The van der Waals surface area contributed by atoms with Crippen molar-refractivity contribution < 1.29 is 22.3 Å². The van der Waals surface area contributed by atoms with Gasteiger partial charge < -0.3 is 15.0 Å². The lowest BCUT2D eigenvalue weighted by Gasteiger charge is -2.33. The van der Waals surface area contributed by atoms with Gasteiger partial charge in [-0.2, -0.15) is 0 Å². The number of sulfone groups is 1. The molecule has 0 saturated carbocycles. The molecule has 9 nitrogen and oxygen atoms in total. The van der Waals surface area contributed by atoms with E-state index in [4.69, 9.17) is 4.74 Å². The first-order valence-electron chi connectivity index (χ1n) is 11.0. The number of imidazole rings is 1. The van der Waals surface area contributed by atoms with Crippen LogP contribution in [-0.4, -0.2) is 58.7 Å². The van der Waals surface area contributed by atoms with Crippen LogP contribution in [0.1, 0.15) is 45.2 Å². The highest BCUT2D eigenvalue weighted by Gasteiger charge is 2.29. The summed E-state index contributed by atoms with van der Waals surface area (Å²) in [6.07, 6.45) is 7.43. The molecule has 1 fully saturated rings. The molecule has 0 atom stereocenters. The van der Waals surface area contributed by atoms with E-state index in [-0.39, 0.29) is 22.6 Å². The second-order valence-corrected chi connectivity index (χ2v) is 11.4. The van der Waals surface area contributed by atoms with E-state index in [0.29, 0.717) is 24.6 Å². The molecule has 1 aliphatic heterocycles. The summed E-state index contributed by atoms with van der Waals surface area (Å²) in [4.78, 5) is 22.8. The largest absolute Gasteiger partial charge is 0.444 e. The number of nitrogens with one attached hydrogen (secondary N) is 1. The molecule has 0 aliphatic carbocycles. The maximum absolute atomic E-state index is 14.5. The molecule has 1 saturated heterocycles. The quantitative estimate of drug-likeness (QED) is 0.587. The molecule has 0 radical (unpaired) electrons. The van der Waals surface area contributed by atoms with E-state index < -0.39 is 21.3 Å². The summed E-state index contributed by atoms with van der Waals surface area (Å²) in [5.74, 6) is -0.159. The second-order valence-electron chi connectivity index (χ2n) is 9.43. The lowest BCUT2D eigenvalue weighted by atomic mass is 9.94. The normalized spacial score (nSPS) is 15.5. The van der Waals surface area contributed by atoms with Crippen molar-refractivity contribution >= 4 is 33.1 Å². The van der Waals surface area contributed by atoms with E-state index in [1.165, 1.54) is 12.1 Å². The summed E-state index contributed by atoms with van der Waals surface area (Å²) >= 11 is 0. The predicted molar refractivity (Wildman–Crippen MR) is 126 cm³/mol. The zero-order chi connectivity index (χ0) is 24.7. The Balaban J connectivity index is 1.51. The molecule has 11 heteroatoms. The molecule has 4 rings (SSSR count). The third-order valence-electron chi connectivity index (χ3n) is 5.64. The molecule has 0 unspecified atom stereocenters. The van der Waals surface area contributed by atoms with Crippen molar-refractivity contribution in [3.05, 3.63) is 48.3 Å². The summed E-state index contributed by atoms with van der Waals surface area (Å²) in [6.45, 7) is 6.72. The van der Waals surface area contributed by atoms with Crippen molar-refractivity contribution in [2.45, 2.75) is 50.0 Å². The van der Waals surface area contributed by atoms with Gasteiger partial charge in [0.1, 0.15) is 11.4 Å². The number of fused-ring (bicyclic) bond motifs is 1. The minimum atomic E-state index is -3.51. The third kappa shape index (κ3) is 5.14. The van der Waals surface area contributed by atoms with Gasteiger partial charge in [0.05, 0.1) is 10.6 Å². The van der Waals surface area contributed by atoms with Crippen LogP contribution in [0, 0.1) is 5.82 Å². The van der Waals surface area contributed by atoms with E-state index in [2.05, 4.69) is 15.3 Å². The number of hydrogen-bond acceptors (Lipinski definition) is 7. The number of halogens is 1. The molecular formula is C23H28FN5O4S. The Hall–Kier alpha value is -3.21. The minimum absolute atomic E-state index is 0.0949. The number of carbonyl (C=O) groups excluding carboxylic acids is 1. The monoisotopic (exact) mass is 489 g/mol. The highest BCUT2D eigenvalue weighted by molar-refractivity contribution is 7.90. The number of likely N-dealkylation sites (tertiary alicyclic amines) is 1. The maximum atomic E-state index is 14.5. The SMILES string of the molecule is CC(C)(C)OC(=O)N1CCC(c2cnc3c(Nc4ccc(S(C)(=O)=O)cc4F)nccn23)CC1. The first-order chi connectivity index (χ1) is 15.9. The maximum Gasteiger partial charge on any atom is 0.410 e. The van der Waals surface area contributed by atoms with Crippen molar-refractivity contribution in [3.63, 3.8) is 0 Å². The Morgan fingerprint density at radius 2 is 1.91 bits per heavy atom. The Morgan fingerprint density at radius 1 is 1.21 bits per heavy atom. The van der Waals surface area contributed by atoms with Crippen LogP contribution in [0.2, 0.25) is 0 Å². The number of ether oxygens (including phenoxy) is 1. The third-order valence-corrected chi connectivity index (χ3v) is 6.75. The van der Waals surface area contributed by atoms with E-state index in [1.54, 1.807) is 23.5 Å². The Morgan fingerprint density at radius 3 is 2.53 bits per heavy atom. The van der Waals surface area contributed by atoms with Gasteiger partial charge in [-0.15, -0.1) is 0 Å². The molecule has 1 amide bonds. The molecule has 1 N–H and O–H groups in total. The van der Waals surface area contributed by atoms with Crippen molar-refractivity contribution in [3.8, 4) is 0 Å².